The lowest BCUT2D eigenvalue weighted by atomic mass is 10.3. The van der Waals surface area contributed by atoms with Crippen LogP contribution in [0.1, 0.15) is 0 Å². The molecule has 0 aromatic rings. The third-order valence-corrected chi connectivity index (χ3v) is 1.56. The van der Waals surface area contributed by atoms with E-state index in [1.165, 1.54) is 0 Å². The molecular weight excluding hydrogens is 192 g/mol. The van der Waals surface area contributed by atoms with Crippen molar-refractivity contribution in [2.24, 2.45) is 4.99 Å². The van der Waals surface area contributed by atoms with Crippen molar-refractivity contribution in [1.82, 2.24) is 0 Å². The van der Waals surface area contributed by atoms with Crippen molar-refractivity contribution in [2.45, 2.75) is 6.17 Å². The number of nitrogens with zero attached hydrogens (tertiary/aromatic N) is 1. The summed E-state index contributed by atoms with van der Waals surface area (Å²) in [6.45, 7) is 0.0218. The average molecular weight is 196 g/mol. The molecule has 0 saturated heterocycles. The van der Waals surface area contributed by atoms with Gasteiger partial charge in [-0.05, 0) is 22.0 Å². The van der Waals surface area contributed by atoms with E-state index in [-0.39, 0.29) is 11.2 Å². The minimum Gasteiger partial charge on any atom is -0.272 e. The second kappa shape index (κ2) is 2.56. The molecule has 9 heavy (non-hydrogen) atoms. The molecule has 1 nitrogen and oxygen atoms in total. The van der Waals surface area contributed by atoms with Crippen LogP contribution in [0.15, 0.2) is 16.9 Å². The number of allylic oxidation sites excluding steroid dienone is 1. The van der Waals surface area contributed by atoms with Crippen LogP contribution < -0.4 is 0 Å². The Morgan fingerprint density at radius 3 is 2.89 bits per heavy atom. The van der Waals surface area contributed by atoms with Gasteiger partial charge in [0.25, 0.3) is 0 Å². The molecule has 0 N–H and O–H groups in total. The van der Waals surface area contributed by atoms with E-state index in [0.717, 1.165) is 6.08 Å². The molecule has 0 amide bonds. The lowest BCUT2D eigenvalue weighted by molar-refractivity contribution is 0.399. The molecule has 1 atom stereocenters. The van der Waals surface area contributed by atoms with Gasteiger partial charge in [-0.1, -0.05) is 0 Å². The van der Waals surface area contributed by atoms with Gasteiger partial charge >= 0.3 is 0 Å². The first-order chi connectivity index (χ1) is 4.20. The van der Waals surface area contributed by atoms with Gasteiger partial charge in [0.1, 0.15) is 10.8 Å². The van der Waals surface area contributed by atoms with Gasteiger partial charge < -0.3 is 0 Å². The van der Waals surface area contributed by atoms with Gasteiger partial charge in [-0.3, -0.25) is 4.99 Å². The van der Waals surface area contributed by atoms with Gasteiger partial charge in [-0.25, -0.2) is 8.78 Å². The number of dihydropyridines is 1. The van der Waals surface area contributed by atoms with Crippen LogP contribution in [0.2, 0.25) is 0 Å². The summed E-state index contributed by atoms with van der Waals surface area (Å²) in [4.78, 5) is 3.51. The molecular formula is C5H4BrF2N. The molecule has 1 rings (SSSR count). The molecule has 1 aliphatic heterocycles. The summed E-state index contributed by atoms with van der Waals surface area (Å²) in [5, 5.41) is 0. The summed E-state index contributed by atoms with van der Waals surface area (Å²) in [6, 6.07) is 0. The number of aliphatic imine (C=N–C) groups is 1. The largest absolute Gasteiger partial charge is 0.272 e. The maximum Gasteiger partial charge on any atom is 0.154 e. The normalized spacial score (nSPS) is 27.2. The quantitative estimate of drug-likeness (QED) is 0.561. The molecule has 0 saturated carbocycles. The second-order valence-corrected chi connectivity index (χ2v) is 2.41. The Hall–Kier alpha value is -0.250. The first kappa shape index (κ1) is 6.86. The predicted molar refractivity (Wildman–Crippen MR) is 35.3 cm³/mol. The molecule has 0 aromatic carbocycles. The van der Waals surface area contributed by atoms with E-state index in [9.17, 15) is 8.78 Å². The number of halogens is 3. The van der Waals surface area contributed by atoms with Crippen molar-refractivity contribution in [3.63, 3.8) is 0 Å². The van der Waals surface area contributed by atoms with Gasteiger partial charge in [-0.2, -0.15) is 0 Å². The van der Waals surface area contributed by atoms with Crippen LogP contribution in [0.5, 0.6) is 0 Å². The first-order valence-electron chi connectivity index (χ1n) is 2.42. The van der Waals surface area contributed by atoms with Crippen molar-refractivity contribution in [1.29, 1.82) is 0 Å². The van der Waals surface area contributed by atoms with Crippen molar-refractivity contribution in [2.75, 3.05) is 6.54 Å². The zero-order chi connectivity index (χ0) is 6.85. The molecule has 0 aromatic heterocycles. The highest BCUT2D eigenvalue weighted by atomic mass is 79.9. The van der Waals surface area contributed by atoms with Gasteiger partial charge in [0.15, 0.2) is 5.83 Å². The van der Waals surface area contributed by atoms with Crippen LogP contribution in [0, 0.1) is 0 Å². The summed E-state index contributed by atoms with van der Waals surface area (Å²) < 4.78 is 24.5. The van der Waals surface area contributed by atoms with Gasteiger partial charge in [0.05, 0.1) is 6.54 Å². The smallest absolute Gasteiger partial charge is 0.154 e. The molecule has 0 bridgehead atoms. The van der Waals surface area contributed by atoms with E-state index in [1.807, 2.05) is 0 Å². The number of rotatable bonds is 0. The number of hydrogen-bond acceptors (Lipinski definition) is 1. The van der Waals surface area contributed by atoms with Crippen LogP contribution in [-0.2, 0) is 0 Å². The van der Waals surface area contributed by atoms with Gasteiger partial charge in [0, 0.05) is 0 Å². The Kier molecular flexibility index (Phi) is 1.95. The molecule has 0 aliphatic carbocycles. The van der Waals surface area contributed by atoms with E-state index in [1.54, 1.807) is 0 Å². The fourth-order valence-electron chi connectivity index (χ4n) is 0.523. The van der Waals surface area contributed by atoms with Crippen molar-refractivity contribution < 1.29 is 8.78 Å². The highest BCUT2D eigenvalue weighted by molar-refractivity contribution is 9.18. The molecule has 50 valence electrons. The Morgan fingerprint density at radius 2 is 2.44 bits per heavy atom. The Balaban J connectivity index is 2.75. The van der Waals surface area contributed by atoms with Gasteiger partial charge in [0.2, 0.25) is 0 Å². The Labute approximate surface area is 59.6 Å². The zero-order valence-corrected chi connectivity index (χ0v) is 6.03. The molecule has 1 aliphatic rings. The topological polar surface area (TPSA) is 12.4 Å². The second-order valence-electron chi connectivity index (χ2n) is 1.66. The molecule has 1 unspecified atom stereocenters. The van der Waals surface area contributed by atoms with Crippen LogP contribution in [0.3, 0.4) is 0 Å². The van der Waals surface area contributed by atoms with Crippen LogP contribution in [-0.4, -0.2) is 17.3 Å². The van der Waals surface area contributed by atoms with E-state index in [2.05, 4.69) is 20.9 Å². The minimum absolute atomic E-state index is 0.0218. The van der Waals surface area contributed by atoms with E-state index >= 15 is 0 Å². The standard InChI is InChI=1S/C5H4BrF2N/c6-5-4(8)1-3(7)2-9-5/h1,3H,2H2. The number of alkyl halides is 1. The molecule has 4 heteroatoms. The molecule has 1 heterocycles. The summed E-state index contributed by atoms with van der Waals surface area (Å²) in [5.41, 5.74) is 0. The number of hydrogen-bond donors (Lipinski definition) is 0. The maximum absolute atomic E-state index is 12.3. The van der Waals surface area contributed by atoms with Crippen LogP contribution in [0.4, 0.5) is 8.78 Å². The fraction of sp³-hybridized carbons (Fsp3) is 0.400. The fourth-order valence-corrected chi connectivity index (χ4v) is 0.800. The summed E-state index contributed by atoms with van der Waals surface area (Å²) in [7, 11) is 0. The lowest BCUT2D eigenvalue weighted by Gasteiger charge is -2.05. The van der Waals surface area contributed by atoms with Crippen molar-refractivity contribution in [3.05, 3.63) is 11.9 Å². The monoisotopic (exact) mass is 195 g/mol. The Bertz CT molecular complexity index is 176. The molecule has 0 spiro atoms. The van der Waals surface area contributed by atoms with E-state index < -0.39 is 12.0 Å². The predicted octanol–water partition coefficient (Wildman–Crippen LogP) is 1.98. The van der Waals surface area contributed by atoms with E-state index in [0.29, 0.717) is 0 Å². The SMILES string of the molecule is FC1=CC(F)CN=C1Br. The Morgan fingerprint density at radius 1 is 1.78 bits per heavy atom. The van der Waals surface area contributed by atoms with Gasteiger partial charge in [-0.15, -0.1) is 0 Å². The van der Waals surface area contributed by atoms with Crippen LogP contribution >= 0.6 is 15.9 Å². The van der Waals surface area contributed by atoms with Crippen molar-refractivity contribution in [3.8, 4) is 0 Å². The highest BCUT2D eigenvalue weighted by Crippen LogP contribution is 2.14. The molecule has 0 fully saturated rings. The third-order valence-electron chi connectivity index (χ3n) is 0.929. The summed E-state index contributed by atoms with van der Waals surface area (Å²) in [5.74, 6) is -0.617. The summed E-state index contributed by atoms with van der Waals surface area (Å²) in [6.07, 6.45) is -0.358. The maximum atomic E-state index is 12.3. The molecule has 0 radical (unpaired) electrons. The van der Waals surface area contributed by atoms with Crippen molar-refractivity contribution >= 4 is 20.6 Å². The van der Waals surface area contributed by atoms with E-state index in [4.69, 9.17) is 0 Å². The summed E-state index contributed by atoms with van der Waals surface area (Å²) >= 11 is 2.82. The first-order valence-corrected chi connectivity index (χ1v) is 3.21. The highest BCUT2D eigenvalue weighted by Gasteiger charge is 2.13. The third kappa shape index (κ3) is 1.58. The van der Waals surface area contributed by atoms with Crippen LogP contribution in [0.25, 0.3) is 0 Å². The lowest BCUT2D eigenvalue weighted by Crippen LogP contribution is -2.09. The average Bonchev–Trinajstić information content (AvgIpc) is 1.80. The minimum atomic E-state index is -1.26. The zero-order valence-electron chi connectivity index (χ0n) is 4.44.